The number of para-hydroxylation sites is 1. The molecule has 1 saturated heterocycles. The summed E-state index contributed by atoms with van der Waals surface area (Å²) in [6.45, 7) is 2.03. The topological polar surface area (TPSA) is 45.2 Å². The second-order valence-electron chi connectivity index (χ2n) is 8.59. The Kier molecular flexibility index (Phi) is 6.78. The Morgan fingerprint density at radius 1 is 1.00 bits per heavy atom. The Labute approximate surface area is 199 Å². The van der Waals surface area contributed by atoms with Gasteiger partial charge in [0.05, 0.1) is 11.1 Å². The van der Waals surface area contributed by atoms with Crippen molar-refractivity contribution in [2.45, 2.75) is 38.3 Å². The molecule has 3 aromatic rings. The molecule has 1 N–H and O–H groups in total. The van der Waals surface area contributed by atoms with Crippen molar-refractivity contribution < 1.29 is 26.7 Å². The number of anilines is 2. The van der Waals surface area contributed by atoms with E-state index in [1.54, 1.807) is 42.2 Å². The lowest BCUT2D eigenvalue weighted by molar-refractivity contribution is -0.137. The van der Waals surface area contributed by atoms with Crippen LogP contribution in [0.3, 0.4) is 0 Å². The molecule has 35 heavy (non-hydrogen) atoms. The minimum atomic E-state index is -4.47. The molecule has 2 aromatic carbocycles. The van der Waals surface area contributed by atoms with Crippen LogP contribution < -0.4 is 10.2 Å². The highest BCUT2D eigenvalue weighted by Gasteiger charge is 2.34. The molecular formula is C26H24F5N3O. The van der Waals surface area contributed by atoms with E-state index in [0.717, 1.165) is 12.1 Å². The molecule has 1 aromatic heterocycles. The first-order valence-electron chi connectivity index (χ1n) is 11.2. The summed E-state index contributed by atoms with van der Waals surface area (Å²) in [6, 6.07) is 13.4. The Morgan fingerprint density at radius 3 is 2.34 bits per heavy atom. The average molecular weight is 489 g/mol. The number of hydrogen-bond donors (Lipinski definition) is 1. The zero-order valence-electron chi connectivity index (χ0n) is 19.0. The number of rotatable bonds is 4. The van der Waals surface area contributed by atoms with Gasteiger partial charge in [-0.05, 0) is 48.7 Å². The maximum Gasteiger partial charge on any atom is 0.416 e. The van der Waals surface area contributed by atoms with E-state index in [9.17, 15) is 26.7 Å². The summed E-state index contributed by atoms with van der Waals surface area (Å²) >= 11 is 0. The van der Waals surface area contributed by atoms with Crippen LogP contribution in [0.15, 0.2) is 60.8 Å². The van der Waals surface area contributed by atoms with Crippen molar-refractivity contribution in [1.82, 2.24) is 4.98 Å². The maximum atomic E-state index is 14.0. The highest BCUT2D eigenvalue weighted by Crippen LogP contribution is 2.36. The number of aromatic nitrogens is 1. The highest BCUT2D eigenvalue weighted by atomic mass is 19.4. The van der Waals surface area contributed by atoms with E-state index in [2.05, 4.69) is 10.3 Å². The fourth-order valence-electron chi connectivity index (χ4n) is 4.22. The number of nitrogens with one attached hydrogen (secondary N) is 1. The van der Waals surface area contributed by atoms with Gasteiger partial charge in [-0.15, -0.1) is 0 Å². The lowest BCUT2D eigenvalue weighted by Gasteiger charge is -2.26. The number of halogens is 5. The molecule has 0 bridgehead atoms. The average Bonchev–Trinajstić information content (AvgIpc) is 2.99. The number of carbonyl (C=O) groups is 1. The SMILES string of the molecule is Cc1c(-c2ccc(C(F)(F)F)cc2)cnc(N2CCCC(F)(F)CC2)c1C(=O)Nc1ccccc1. The minimum absolute atomic E-state index is 0.0324. The van der Waals surface area contributed by atoms with Gasteiger partial charge in [0, 0.05) is 43.4 Å². The summed E-state index contributed by atoms with van der Waals surface area (Å²) in [5.41, 5.74) is 1.42. The molecule has 1 amide bonds. The van der Waals surface area contributed by atoms with Crippen LogP contribution in [0.25, 0.3) is 11.1 Å². The monoisotopic (exact) mass is 489 g/mol. The van der Waals surface area contributed by atoms with E-state index in [1.807, 2.05) is 0 Å². The van der Waals surface area contributed by atoms with E-state index in [4.69, 9.17) is 0 Å². The van der Waals surface area contributed by atoms with Gasteiger partial charge in [-0.3, -0.25) is 4.79 Å². The number of nitrogens with zero attached hydrogens (tertiary/aromatic N) is 2. The molecule has 184 valence electrons. The number of amides is 1. The van der Waals surface area contributed by atoms with Crippen LogP contribution in [0.1, 0.15) is 40.7 Å². The smallest absolute Gasteiger partial charge is 0.356 e. The molecule has 0 unspecified atom stereocenters. The van der Waals surface area contributed by atoms with E-state index in [0.29, 0.717) is 28.9 Å². The maximum absolute atomic E-state index is 14.0. The van der Waals surface area contributed by atoms with Gasteiger partial charge < -0.3 is 10.2 Å². The summed E-state index contributed by atoms with van der Waals surface area (Å²) in [5, 5.41) is 2.82. The number of pyridine rings is 1. The van der Waals surface area contributed by atoms with Gasteiger partial charge in [0.2, 0.25) is 5.92 Å². The van der Waals surface area contributed by atoms with Crippen LogP contribution in [-0.4, -0.2) is 29.9 Å². The van der Waals surface area contributed by atoms with Crippen molar-refractivity contribution in [3.8, 4) is 11.1 Å². The van der Waals surface area contributed by atoms with Crippen LogP contribution in [-0.2, 0) is 6.18 Å². The fourth-order valence-corrected chi connectivity index (χ4v) is 4.22. The standard InChI is InChI=1S/C26H24F5N3O/c1-17-21(18-8-10-19(11-9-18)26(29,30)31)16-32-23(34-14-5-12-25(27,28)13-15-34)22(17)24(35)33-20-6-3-2-4-7-20/h2-4,6-11,16H,5,12-15H2,1H3,(H,33,35). The summed E-state index contributed by atoms with van der Waals surface area (Å²) in [6.07, 6.45) is -3.33. The van der Waals surface area contributed by atoms with Crippen molar-refractivity contribution in [1.29, 1.82) is 0 Å². The van der Waals surface area contributed by atoms with Crippen molar-refractivity contribution >= 4 is 17.4 Å². The van der Waals surface area contributed by atoms with Crippen molar-refractivity contribution in [2.24, 2.45) is 0 Å². The second-order valence-corrected chi connectivity index (χ2v) is 8.59. The number of carbonyl (C=O) groups excluding carboxylic acids is 1. The zero-order chi connectivity index (χ0) is 25.2. The van der Waals surface area contributed by atoms with Gasteiger partial charge in [-0.25, -0.2) is 13.8 Å². The molecular weight excluding hydrogens is 465 g/mol. The van der Waals surface area contributed by atoms with Gasteiger partial charge in [-0.1, -0.05) is 30.3 Å². The number of alkyl halides is 5. The van der Waals surface area contributed by atoms with E-state index in [-0.39, 0.29) is 37.2 Å². The minimum Gasteiger partial charge on any atom is -0.356 e. The van der Waals surface area contributed by atoms with Crippen LogP contribution >= 0.6 is 0 Å². The van der Waals surface area contributed by atoms with Gasteiger partial charge in [-0.2, -0.15) is 13.2 Å². The van der Waals surface area contributed by atoms with E-state index >= 15 is 0 Å². The Morgan fingerprint density at radius 2 is 1.69 bits per heavy atom. The zero-order valence-corrected chi connectivity index (χ0v) is 19.0. The molecule has 9 heteroatoms. The van der Waals surface area contributed by atoms with Crippen LogP contribution in [0.4, 0.5) is 33.5 Å². The molecule has 1 aliphatic rings. The van der Waals surface area contributed by atoms with Crippen LogP contribution in [0.2, 0.25) is 0 Å². The summed E-state index contributed by atoms with van der Waals surface area (Å²) < 4.78 is 67.0. The van der Waals surface area contributed by atoms with E-state index in [1.165, 1.54) is 18.3 Å². The molecule has 0 aliphatic carbocycles. The van der Waals surface area contributed by atoms with Gasteiger partial charge in [0.1, 0.15) is 5.82 Å². The first-order valence-corrected chi connectivity index (χ1v) is 11.2. The molecule has 0 radical (unpaired) electrons. The van der Waals surface area contributed by atoms with Gasteiger partial charge >= 0.3 is 6.18 Å². The molecule has 0 atom stereocenters. The third kappa shape index (κ3) is 5.61. The lowest BCUT2D eigenvalue weighted by atomic mass is 9.96. The predicted molar refractivity (Wildman–Crippen MR) is 125 cm³/mol. The predicted octanol–water partition coefficient (Wildman–Crippen LogP) is 6.95. The van der Waals surface area contributed by atoms with Crippen molar-refractivity contribution in [3.05, 3.63) is 77.5 Å². The molecule has 4 rings (SSSR count). The molecule has 2 heterocycles. The molecule has 1 fully saturated rings. The highest BCUT2D eigenvalue weighted by molar-refractivity contribution is 6.09. The van der Waals surface area contributed by atoms with Crippen LogP contribution in [0.5, 0.6) is 0 Å². The first kappa shape index (κ1) is 24.6. The Bertz CT molecular complexity index is 1190. The molecule has 0 saturated carbocycles. The quantitative estimate of drug-likeness (QED) is 0.403. The van der Waals surface area contributed by atoms with Gasteiger partial charge in [0.25, 0.3) is 5.91 Å². The van der Waals surface area contributed by atoms with Gasteiger partial charge in [0.15, 0.2) is 0 Å². The summed E-state index contributed by atoms with van der Waals surface area (Å²) in [5.74, 6) is -2.97. The molecule has 1 aliphatic heterocycles. The second kappa shape index (κ2) is 9.64. The van der Waals surface area contributed by atoms with E-state index < -0.39 is 23.6 Å². The lowest BCUT2D eigenvalue weighted by Crippen LogP contribution is -2.30. The van der Waals surface area contributed by atoms with Crippen molar-refractivity contribution in [2.75, 3.05) is 23.3 Å². The summed E-state index contributed by atoms with van der Waals surface area (Å²) in [4.78, 5) is 19.6. The largest absolute Gasteiger partial charge is 0.416 e. The third-order valence-corrected chi connectivity index (χ3v) is 6.12. The molecule has 0 spiro atoms. The molecule has 4 nitrogen and oxygen atoms in total. The number of hydrogen-bond acceptors (Lipinski definition) is 3. The first-order chi connectivity index (χ1) is 16.5. The Hall–Kier alpha value is -3.49. The normalized spacial score (nSPS) is 16.0. The summed E-state index contributed by atoms with van der Waals surface area (Å²) in [7, 11) is 0. The van der Waals surface area contributed by atoms with Crippen molar-refractivity contribution in [3.63, 3.8) is 0 Å². The van der Waals surface area contributed by atoms with Crippen LogP contribution in [0, 0.1) is 6.92 Å². The third-order valence-electron chi connectivity index (χ3n) is 6.12. The number of benzene rings is 2. The Balaban J connectivity index is 1.76. The fraction of sp³-hybridized carbons (Fsp3) is 0.308.